The zero-order valence-corrected chi connectivity index (χ0v) is 11.4. The number of H-pyrrole nitrogens is 1. The highest BCUT2D eigenvalue weighted by Gasteiger charge is 2.15. The molecule has 0 amide bonds. The van der Waals surface area contributed by atoms with Crippen LogP contribution in [0.1, 0.15) is 24.4 Å². The molecular weight excluding hydrogens is 240 g/mol. The number of nitrogens with zero attached hydrogens (tertiary/aromatic N) is 1. The highest BCUT2D eigenvalue weighted by Crippen LogP contribution is 2.26. The maximum Gasteiger partial charge on any atom is 0.148 e. The maximum atomic E-state index is 5.55. The number of hydrogen-bond donors (Lipinski definition) is 3. The van der Waals surface area contributed by atoms with Gasteiger partial charge in [0.2, 0.25) is 0 Å². The van der Waals surface area contributed by atoms with Crippen LogP contribution in [0.2, 0.25) is 0 Å². The molecule has 0 radical (unpaired) electrons. The summed E-state index contributed by atoms with van der Waals surface area (Å²) in [6, 6.07) is 4.61. The van der Waals surface area contributed by atoms with E-state index < -0.39 is 0 Å². The molecule has 5 heteroatoms. The number of aromatic nitrogens is 2. The monoisotopic (exact) mass is 260 g/mol. The average molecular weight is 260 g/mol. The van der Waals surface area contributed by atoms with Crippen molar-refractivity contribution in [3.05, 3.63) is 23.7 Å². The topological polar surface area (TPSA) is 65.9 Å². The van der Waals surface area contributed by atoms with Crippen molar-refractivity contribution in [1.29, 1.82) is 0 Å². The van der Waals surface area contributed by atoms with Gasteiger partial charge in [-0.15, -0.1) is 0 Å². The van der Waals surface area contributed by atoms with E-state index >= 15 is 0 Å². The lowest BCUT2D eigenvalue weighted by Crippen LogP contribution is -2.35. The number of piperidine rings is 1. The summed E-state index contributed by atoms with van der Waals surface area (Å²) in [6.45, 7) is 6.09. The van der Waals surface area contributed by atoms with E-state index in [1.54, 1.807) is 0 Å². The van der Waals surface area contributed by atoms with Gasteiger partial charge in [0, 0.05) is 17.7 Å². The molecule has 1 fully saturated rings. The number of nitrogens with one attached hydrogen (secondary N) is 3. The molecule has 0 aromatic carbocycles. The molecule has 102 valence electrons. The molecule has 1 aliphatic rings. The lowest BCUT2D eigenvalue weighted by atomic mass is 10.1. The van der Waals surface area contributed by atoms with E-state index in [4.69, 9.17) is 4.42 Å². The second-order valence-electron chi connectivity index (χ2n) is 5.16. The van der Waals surface area contributed by atoms with Crippen LogP contribution in [0.3, 0.4) is 0 Å². The Hall–Kier alpha value is -1.75. The molecule has 1 aliphatic heterocycles. The number of aryl methyl sites for hydroxylation is 2. The van der Waals surface area contributed by atoms with Crippen LogP contribution in [0, 0.1) is 13.8 Å². The molecule has 1 saturated heterocycles. The summed E-state index contributed by atoms with van der Waals surface area (Å²) in [5.41, 5.74) is 2.09. The molecule has 0 saturated carbocycles. The predicted molar refractivity (Wildman–Crippen MR) is 75.3 cm³/mol. The SMILES string of the molecule is Cc1cc(-c2cc(NC3CCNCC3)n[nH]2)c(C)o1. The smallest absolute Gasteiger partial charge is 0.148 e. The zero-order chi connectivity index (χ0) is 13.2. The first-order valence-corrected chi connectivity index (χ1v) is 6.82. The van der Waals surface area contributed by atoms with Gasteiger partial charge in [-0.1, -0.05) is 0 Å². The van der Waals surface area contributed by atoms with Gasteiger partial charge in [-0.2, -0.15) is 5.10 Å². The standard InChI is InChI=1S/C14H20N4O/c1-9-7-12(10(2)19-9)13-8-14(18-17-13)16-11-3-5-15-6-4-11/h7-8,11,15H,3-6H2,1-2H3,(H2,16,17,18). The summed E-state index contributed by atoms with van der Waals surface area (Å²) in [7, 11) is 0. The normalized spacial score (nSPS) is 16.7. The van der Waals surface area contributed by atoms with Gasteiger partial charge < -0.3 is 15.1 Å². The van der Waals surface area contributed by atoms with Gasteiger partial charge in [0.05, 0.1) is 5.69 Å². The molecular formula is C14H20N4O. The molecule has 2 aromatic rings. The third-order valence-electron chi connectivity index (χ3n) is 3.60. The van der Waals surface area contributed by atoms with Crippen molar-refractivity contribution >= 4 is 5.82 Å². The van der Waals surface area contributed by atoms with E-state index in [2.05, 4.69) is 26.9 Å². The lowest BCUT2D eigenvalue weighted by molar-refractivity contribution is 0.478. The molecule has 3 N–H and O–H groups in total. The molecule has 0 atom stereocenters. The van der Waals surface area contributed by atoms with Crippen molar-refractivity contribution in [3.63, 3.8) is 0 Å². The molecule has 0 unspecified atom stereocenters. The molecule has 3 rings (SSSR count). The summed E-state index contributed by atoms with van der Waals surface area (Å²) in [4.78, 5) is 0. The van der Waals surface area contributed by atoms with Crippen molar-refractivity contribution in [1.82, 2.24) is 15.5 Å². The van der Waals surface area contributed by atoms with Crippen LogP contribution >= 0.6 is 0 Å². The van der Waals surface area contributed by atoms with Crippen molar-refractivity contribution < 1.29 is 4.42 Å². The quantitative estimate of drug-likeness (QED) is 0.793. The van der Waals surface area contributed by atoms with Crippen LogP contribution in [-0.4, -0.2) is 29.3 Å². The van der Waals surface area contributed by atoms with Gasteiger partial charge in [0.15, 0.2) is 0 Å². The van der Waals surface area contributed by atoms with Gasteiger partial charge in [-0.25, -0.2) is 0 Å². The average Bonchev–Trinajstić information content (AvgIpc) is 2.97. The zero-order valence-electron chi connectivity index (χ0n) is 11.4. The molecule has 19 heavy (non-hydrogen) atoms. The second kappa shape index (κ2) is 5.09. The van der Waals surface area contributed by atoms with Gasteiger partial charge >= 0.3 is 0 Å². The Kier molecular flexibility index (Phi) is 3.29. The van der Waals surface area contributed by atoms with E-state index in [9.17, 15) is 0 Å². The van der Waals surface area contributed by atoms with Crippen molar-refractivity contribution in [2.24, 2.45) is 0 Å². The predicted octanol–water partition coefficient (Wildman–Crippen LogP) is 2.45. The van der Waals surface area contributed by atoms with Gasteiger partial charge in [0.1, 0.15) is 17.3 Å². The van der Waals surface area contributed by atoms with E-state index in [1.165, 1.54) is 0 Å². The minimum atomic E-state index is 0.518. The van der Waals surface area contributed by atoms with Crippen LogP contribution < -0.4 is 10.6 Å². The van der Waals surface area contributed by atoms with Crippen LogP contribution in [0.5, 0.6) is 0 Å². The second-order valence-corrected chi connectivity index (χ2v) is 5.16. The third kappa shape index (κ3) is 2.66. The summed E-state index contributed by atoms with van der Waals surface area (Å²) >= 11 is 0. The number of furan rings is 1. The summed E-state index contributed by atoms with van der Waals surface area (Å²) in [5, 5.41) is 14.3. The largest absolute Gasteiger partial charge is 0.466 e. The maximum absolute atomic E-state index is 5.55. The first-order valence-electron chi connectivity index (χ1n) is 6.82. The first-order chi connectivity index (χ1) is 9.22. The Bertz CT molecular complexity index is 552. The highest BCUT2D eigenvalue weighted by molar-refractivity contribution is 5.65. The van der Waals surface area contributed by atoms with Gasteiger partial charge in [0.25, 0.3) is 0 Å². The molecule has 0 spiro atoms. The lowest BCUT2D eigenvalue weighted by Gasteiger charge is -2.23. The Morgan fingerprint density at radius 2 is 2.05 bits per heavy atom. The van der Waals surface area contributed by atoms with E-state index in [-0.39, 0.29) is 0 Å². The van der Waals surface area contributed by atoms with Crippen LogP contribution in [-0.2, 0) is 0 Å². The molecule has 0 bridgehead atoms. The van der Waals surface area contributed by atoms with Crippen LogP contribution in [0.15, 0.2) is 16.5 Å². The molecule has 3 heterocycles. The summed E-state index contributed by atoms with van der Waals surface area (Å²) < 4.78 is 5.55. The summed E-state index contributed by atoms with van der Waals surface area (Å²) in [6.07, 6.45) is 2.29. The van der Waals surface area contributed by atoms with Crippen molar-refractivity contribution in [2.75, 3.05) is 18.4 Å². The van der Waals surface area contributed by atoms with E-state index in [0.717, 1.165) is 54.5 Å². The Balaban J connectivity index is 1.74. The fourth-order valence-corrected chi connectivity index (χ4v) is 2.61. The van der Waals surface area contributed by atoms with Crippen molar-refractivity contribution in [3.8, 4) is 11.3 Å². The van der Waals surface area contributed by atoms with Crippen molar-refractivity contribution in [2.45, 2.75) is 32.7 Å². The summed E-state index contributed by atoms with van der Waals surface area (Å²) in [5.74, 6) is 2.77. The third-order valence-corrected chi connectivity index (χ3v) is 3.60. The van der Waals surface area contributed by atoms with Crippen LogP contribution in [0.25, 0.3) is 11.3 Å². The number of aromatic amines is 1. The van der Waals surface area contributed by atoms with E-state index in [1.807, 2.05) is 19.9 Å². The fourth-order valence-electron chi connectivity index (χ4n) is 2.61. The van der Waals surface area contributed by atoms with E-state index in [0.29, 0.717) is 6.04 Å². The Morgan fingerprint density at radius 3 is 2.74 bits per heavy atom. The Labute approximate surface area is 112 Å². The highest BCUT2D eigenvalue weighted by atomic mass is 16.3. The minimum Gasteiger partial charge on any atom is -0.466 e. The van der Waals surface area contributed by atoms with Crippen LogP contribution in [0.4, 0.5) is 5.82 Å². The first kappa shape index (κ1) is 12.3. The number of hydrogen-bond acceptors (Lipinski definition) is 4. The fraction of sp³-hybridized carbons (Fsp3) is 0.500. The molecule has 0 aliphatic carbocycles. The van der Waals surface area contributed by atoms with Gasteiger partial charge in [-0.3, -0.25) is 5.10 Å². The Morgan fingerprint density at radius 1 is 1.26 bits per heavy atom. The van der Waals surface area contributed by atoms with Gasteiger partial charge in [-0.05, 0) is 45.8 Å². The minimum absolute atomic E-state index is 0.518. The molecule has 5 nitrogen and oxygen atoms in total. The number of anilines is 1. The number of rotatable bonds is 3. The molecule has 2 aromatic heterocycles.